The smallest absolute Gasteiger partial charge is 0.191 e. The minimum absolute atomic E-state index is 0. The third kappa shape index (κ3) is 9.35. The molecular weight excluding hydrogens is 493 g/mol. The van der Waals surface area contributed by atoms with Gasteiger partial charge in [-0.2, -0.15) is 0 Å². The molecule has 0 saturated heterocycles. The normalized spacial score (nSPS) is 12.4. The number of aliphatic imine (C=N–C) groups is 1. The first-order valence-corrected chi connectivity index (χ1v) is 11.0. The van der Waals surface area contributed by atoms with Crippen LogP contribution in [0.1, 0.15) is 20.8 Å². The summed E-state index contributed by atoms with van der Waals surface area (Å²) in [5.74, 6) is 1.49. The number of hydrogen-bond donors (Lipinski definition) is 2. The summed E-state index contributed by atoms with van der Waals surface area (Å²) in [7, 11) is -3.16. The first-order valence-electron chi connectivity index (χ1n) is 7.76. The van der Waals surface area contributed by atoms with Crippen LogP contribution in [0, 0.1) is 0 Å². The van der Waals surface area contributed by atoms with Crippen LogP contribution in [0.3, 0.4) is 0 Å². The van der Waals surface area contributed by atoms with Gasteiger partial charge in [-0.15, -0.1) is 35.7 Å². The van der Waals surface area contributed by atoms with Crippen molar-refractivity contribution in [2.24, 2.45) is 4.99 Å². The van der Waals surface area contributed by atoms with Gasteiger partial charge in [0.1, 0.15) is 0 Å². The molecule has 0 saturated carbocycles. The molecule has 1 aromatic rings. The third-order valence-electron chi connectivity index (χ3n) is 3.44. The number of nitrogens with zero attached hydrogens (tertiary/aromatic N) is 1. The number of halogens is 2. The Morgan fingerprint density at radius 2 is 1.84 bits per heavy atom. The summed E-state index contributed by atoms with van der Waals surface area (Å²) in [6.07, 6.45) is 1.24. The molecule has 0 atom stereocenters. The van der Waals surface area contributed by atoms with Gasteiger partial charge in [0.25, 0.3) is 0 Å². The zero-order chi connectivity index (χ0) is 18.2. The van der Waals surface area contributed by atoms with E-state index in [0.29, 0.717) is 5.96 Å². The van der Waals surface area contributed by atoms with Crippen molar-refractivity contribution in [1.29, 1.82) is 0 Å². The van der Waals surface area contributed by atoms with Gasteiger partial charge in [0.05, 0.1) is 11.3 Å². The van der Waals surface area contributed by atoms with Gasteiger partial charge >= 0.3 is 0 Å². The topological polar surface area (TPSA) is 70.6 Å². The van der Waals surface area contributed by atoms with Crippen LogP contribution < -0.4 is 10.6 Å². The molecule has 0 heterocycles. The second-order valence-electron chi connectivity index (χ2n) is 5.96. The molecule has 1 rings (SSSR count). The second kappa shape index (κ2) is 11.5. The monoisotopic (exact) mass is 519 g/mol. The van der Waals surface area contributed by atoms with Crippen molar-refractivity contribution < 1.29 is 8.42 Å². The molecule has 0 aliphatic rings. The highest BCUT2D eigenvalue weighted by molar-refractivity contribution is 14.0. The molecule has 144 valence electrons. The number of thioether (sulfide) groups is 1. The van der Waals surface area contributed by atoms with E-state index in [4.69, 9.17) is 11.6 Å². The highest BCUT2D eigenvalue weighted by Crippen LogP contribution is 2.19. The minimum atomic E-state index is -3.16. The maximum atomic E-state index is 11.7. The Morgan fingerprint density at radius 3 is 2.36 bits per heavy atom. The Labute approximate surface area is 177 Å². The fourth-order valence-corrected chi connectivity index (χ4v) is 2.79. The average molecular weight is 520 g/mol. The predicted octanol–water partition coefficient (Wildman–Crippen LogP) is 3.43. The quantitative estimate of drug-likeness (QED) is 0.181. The SMILES string of the molecule is CCNC(=NCC(C)(C)S(C)(=O)=O)NCCSc1ccc(Cl)cc1.I. The van der Waals surface area contributed by atoms with E-state index < -0.39 is 14.6 Å². The number of nitrogens with one attached hydrogen (secondary N) is 2. The Bertz CT molecular complexity index is 650. The molecule has 0 aromatic heterocycles. The van der Waals surface area contributed by atoms with Gasteiger partial charge in [-0.1, -0.05) is 11.6 Å². The van der Waals surface area contributed by atoms with Crippen LogP contribution in [0.15, 0.2) is 34.2 Å². The highest BCUT2D eigenvalue weighted by atomic mass is 127. The molecule has 2 N–H and O–H groups in total. The molecule has 0 unspecified atom stereocenters. The molecular formula is C16H27ClIN3O2S2. The van der Waals surface area contributed by atoms with E-state index in [1.165, 1.54) is 6.26 Å². The van der Waals surface area contributed by atoms with E-state index in [-0.39, 0.29) is 30.5 Å². The van der Waals surface area contributed by atoms with Crippen molar-refractivity contribution in [3.63, 3.8) is 0 Å². The number of rotatable bonds is 8. The van der Waals surface area contributed by atoms with Crippen molar-refractivity contribution >= 4 is 63.1 Å². The lowest BCUT2D eigenvalue weighted by Crippen LogP contribution is -2.41. The fraction of sp³-hybridized carbons (Fsp3) is 0.562. The van der Waals surface area contributed by atoms with Crippen LogP contribution in [0.25, 0.3) is 0 Å². The fourth-order valence-electron chi connectivity index (χ4n) is 1.60. The van der Waals surface area contributed by atoms with Crippen molar-refractivity contribution in [2.75, 3.05) is 31.6 Å². The lowest BCUT2D eigenvalue weighted by atomic mass is 10.2. The average Bonchev–Trinajstić information content (AvgIpc) is 2.49. The second-order valence-corrected chi connectivity index (χ2v) is 10.2. The Balaban J connectivity index is 0.00000576. The molecule has 0 bridgehead atoms. The predicted molar refractivity (Wildman–Crippen MR) is 120 cm³/mol. The molecule has 0 fully saturated rings. The Hall–Kier alpha value is -0.190. The van der Waals surface area contributed by atoms with Crippen LogP contribution in [-0.2, 0) is 9.84 Å². The van der Waals surface area contributed by atoms with E-state index in [2.05, 4.69) is 15.6 Å². The maximum absolute atomic E-state index is 11.7. The molecule has 5 nitrogen and oxygen atoms in total. The van der Waals surface area contributed by atoms with Gasteiger partial charge < -0.3 is 10.6 Å². The molecule has 1 aromatic carbocycles. The van der Waals surface area contributed by atoms with Crippen LogP contribution in [0.5, 0.6) is 0 Å². The van der Waals surface area contributed by atoms with Gasteiger partial charge in [0.2, 0.25) is 0 Å². The molecule has 0 aliphatic heterocycles. The highest BCUT2D eigenvalue weighted by Gasteiger charge is 2.29. The van der Waals surface area contributed by atoms with Crippen LogP contribution in [0.4, 0.5) is 0 Å². The number of hydrogen-bond acceptors (Lipinski definition) is 4. The van der Waals surface area contributed by atoms with Gasteiger partial charge in [-0.3, -0.25) is 4.99 Å². The van der Waals surface area contributed by atoms with Gasteiger partial charge in [0.15, 0.2) is 15.8 Å². The Kier molecular flexibility index (Phi) is 11.4. The summed E-state index contributed by atoms with van der Waals surface area (Å²) in [5, 5.41) is 7.08. The van der Waals surface area contributed by atoms with Gasteiger partial charge in [0, 0.05) is 35.0 Å². The van der Waals surface area contributed by atoms with E-state index in [9.17, 15) is 8.42 Å². The summed E-state index contributed by atoms with van der Waals surface area (Å²) >= 11 is 7.58. The number of sulfone groups is 1. The largest absolute Gasteiger partial charge is 0.357 e. The van der Waals surface area contributed by atoms with Crippen molar-refractivity contribution in [3.8, 4) is 0 Å². The van der Waals surface area contributed by atoms with Crippen molar-refractivity contribution in [3.05, 3.63) is 29.3 Å². The molecule has 0 spiro atoms. The number of benzene rings is 1. The zero-order valence-electron chi connectivity index (χ0n) is 15.0. The van der Waals surface area contributed by atoms with E-state index in [1.807, 2.05) is 31.2 Å². The Morgan fingerprint density at radius 1 is 1.24 bits per heavy atom. The van der Waals surface area contributed by atoms with Crippen LogP contribution in [-0.4, -0.2) is 50.8 Å². The standard InChI is InChI=1S/C16H26ClN3O2S2.HI/c1-5-18-15(20-12-16(2,3)24(4,21)22)19-10-11-23-14-8-6-13(17)7-9-14;/h6-9H,5,10-12H2,1-4H3,(H2,18,19,20);1H. The van der Waals surface area contributed by atoms with E-state index in [0.717, 1.165) is 28.8 Å². The summed E-state index contributed by atoms with van der Waals surface area (Å²) < 4.78 is 22.6. The van der Waals surface area contributed by atoms with E-state index in [1.54, 1.807) is 25.6 Å². The summed E-state index contributed by atoms with van der Waals surface area (Å²) in [6.45, 7) is 7.00. The first kappa shape index (κ1) is 24.8. The third-order valence-corrected chi connectivity index (χ3v) is 6.85. The zero-order valence-corrected chi connectivity index (χ0v) is 19.7. The van der Waals surface area contributed by atoms with Crippen LogP contribution >= 0.6 is 47.3 Å². The first-order chi connectivity index (χ1) is 11.2. The van der Waals surface area contributed by atoms with E-state index >= 15 is 0 Å². The molecule has 0 amide bonds. The lowest BCUT2D eigenvalue weighted by molar-refractivity contribution is 0.554. The number of guanidine groups is 1. The van der Waals surface area contributed by atoms with Crippen LogP contribution in [0.2, 0.25) is 5.02 Å². The van der Waals surface area contributed by atoms with Gasteiger partial charge in [-0.05, 0) is 45.0 Å². The molecule has 9 heteroatoms. The molecule has 25 heavy (non-hydrogen) atoms. The van der Waals surface area contributed by atoms with Crippen molar-refractivity contribution in [1.82, 2.24) is 10.6 Å². The minimum Gasteiger partial charge on any atom is -0.357 e. The lowest BCUT2D eigenvalue weighted by Gasteiger charge is -2.21. The molecule has 0 radical (unpaired) electrons. The summed E-state index contributed by atoms with van der Waals surface area (Å²) in [5.41, 5.74) is 0. The van der Waals surface area contributed by atoms with Crippen molar-refractivity contribution in [2.45, 2.75) is 30.4 Å². The maximum Gasteiger partial charge on any atom is 0.191 e. The summed E-state index contributed by atoms with van der Waals surface area (Å²) in [6, 6.07) is 7.72. The summed E-state index contributed by atoms with van der Waals surface area (Å²) in [4.78, 5) is 5.55. The molecule has 0 aliphatic carbocycles. The van der Waals surface area contributed by atoms with Gasteiger partial charge in [-0.25, -0.2) is 8.42 Å².